The van der Waals surface area contributed by atoms with Crippen LogP contribution in [0.25, 0.3) is 0 Å². The highest BCUT2D eigenvalue weighted by molar-refractivity contribution is 6.04. The van der Waals surface area contributed by atoms with Crippen LogP contribution in [0.2, 0.25) is 0 Å². The van der Waals surface area contributed by atoms with Crippen molar-refractivity contribution in [3.8, 4) is 5.75 Å². The Morgan fingerprint density at radius 3 is 2.46 bits per heavy atom. The van der Waals surface area contributed by atoms with Gasteiger partial charge in [-0.1, -0.05) is 0 Å². The number of aryl methyl sites for hydroxylation is 1. The summed E-state index contributed by atoms with van der Waals surface area (Å²) < 4.78 is 14.9. The van der Waals surface area contributed by atoms with Crippen LogP contribution in [0.15, 0.2) is 39.5 Å². The van der Waals surface area contributed by atoms with E-state index in [-0.39, 0.29) is 23.6 Å². The van der Waals surface area contributed by atoms with Crippen molar-refractivity contribution in [3.05, 3.63) is 57.6 Å². The smallest absolute Gasteiger partial charge is 0.359 e. The maximum Gasteiger partial charge on any atom is 0.359 e. The second kappa shape index (κ2) is 7.45. The lowest BCUT2D eigenvalue weighted by Crippen LogP contribution is -2.20. The SMILES string of the molecule is CCOC(=O)c1cc(NC(=O)c2ccc(OC)cc2)c(=O)oc1C. The number of hydrogen-bond donors (Lipinski definition) is 1. The Labute approximate surface area is 138 Å². The maximum absolute atomic E-state index is 12.2. The van der Waals surface area contributed by atoms with Gasteiger partial charge in [0, 0.05) is 5.56 Å². The van der Waals surface area contributed by atoms with E-state index >= 15 is 0 Å². The Kier molecular flexibility index (Phi) is 5.36. The summed E-state index contributed by atoms with van der Waals surface area (Å²) in [5.74, 6) is -0.408. The van der Waals surface area contributed by atoms with Crippen molar-refractivity contribution < 1.29 is 23.5 Å². The van der Waals surface area contributed by atoms with Gasteiger partial charge in [0.05, 0.1) is 13.7 Å². The molecule has 0 fully saturated rings. The minimum absolute atomic E-state index is 0.0847. The quantitative estimate of drug-likeness (QED) is 0.845. The summed E-state index contributed by atoms with van der Waals surface area (Å²) in [7, 11) is 1.52. The number of anilines is 1. The fourth-order valence-electron chi connectivity index (χ4n) is 1.99. The van der Waals surface area contributed by atoms with Crippen molar-refractivity contribution in [2.24, 2.45) is 0 Å². The topological polar surface area (TPSA) is 94.8 Å². The molecule has 2 aromatic rings. The molecule has 0 aliphatic carbocycles. The van der Waals surface area contributed by atoms with Gasteiger partial charge < -0.3 is 19.2 Å². The monoisotopic (exact) mass is 331 g/mol. The third kappa shape index (κ3) is 3.81. The van der Waals surface area contributed by atoms with E-state index in [0.29, 0.717) is 11.3 Å². The Hall–Kier alpha value is -3.09. The summed E-state index contributed by atoms with van der Waals surface area (Å²) in [6.07, 6.45) is 0. The van der Waals surface area contributed by atoms with Crippen molar-refractivity contribution in [1.82, 2.24) is 0 Å². The molecular weight excluding hydrogens is 314 g/mol. The van der Waals surface area contributed by atoms with Gasteiger partial charge in [0.1, 0.15) is 22.8 Å². The number of amides is 1. The van der Waals surface area contributed by atoms with Crippen molar-refractivity contribution >= 4 is 17.6 Å². The highest BCUT2D eigenvalue weighted by Gasteiger charge is 2.17. The fraction of sp³-hybridized carbons (Fsp3) is 0.235. The van der Waals surface area contributed by atoms with Crippen LogP contribution in [0.4, 0.5) is 5.69 Å². The molecule has 1 N–H and O–H groups in total. The lowest BCUT2D eigenvalue weighted by Gasteiger charge is -2.08. The van der Waals surface area contributed by atoms with Gasteiger partial charge in [-0.05, 0) is 44.2 Å². The number of carbonyl (C=O) groups excluding carboxylic acids is 2. The minimum Gasteiger partial charge on any atom is -0.497 e. The number of rotatable bonds is 5. The summed E-state index contributed by atoms with van der Waals surface area (Å²) in [5, 5.41) is 2.43. The molecule has 1 heterocycles. The van der Waals surface area contributed by atoms with Crippen LogP contribution in [0.1, 0.15) is 33.4 Å². The van der Waals surface area contributed by atoms with Gasteiger partial charge in [0.25, 0.3) is 5.91 Å². The first-order chi connectivity index (χ1) is 11.5. The first kappa shape index (κ1) is 17.3. The van der Waals surface area contributed by atoms with E-state index in [9.17, 15) is 14.4 Å². The summed E-state index contributed by atoms with van der Waals surface area (Å²) in [6.45, 7) is 3.33. The predicted octanol–water partition coefficient (Wildman–Crippen LogP) is 2.39. The molecule has 0 saturated heterocycles. The van der Waals surface area contributed by atoms with Crippen LogP contribution in [-0.4, -0.2) is 25.6 Å². The number of methoxy groups -OCH3 is 1. The molecule has 7 heteroatoms. The normalized spacial score (nSPS) is 10.1. The molecule has 0 bridgehead atoms. The lowest BCUT2D eigenvalue weighted by atomic mass is 10.2. The largest absolute Gasteiger partial charge is 0.497 e. The molecule has 0 atom stereocenters. The molecule has 0 aliphatic heterocycles. The molecule has 1 aromatic carbocycles. The molecule has 0 saturated carbocycles. The molecule has 1 aromatic heterocycles. The van der Waals surface area contributed by atoms with E-state index in [4.69, 9.17) is 13.9 Å². The van der Waals surface area contributed by atoms with Crippen LogP contribution in [-0.2, 0) is 4.74 Å². The van der Waals surface area contributed by atoms with Gasteiger partial charge >= 0.3 is 11.6 Å². The van der Waals surface area contributed by atoms with Gasteiger partial charge in [0.2, 0.25) is 0 Å². The van der Waals surface area contributed by atoms with Gasteiger partial charge in [-0.25, -0.2) is 9.59 Å². The minimum atomic E-state index is -0.748. The van der Waals surface area contributed by atoms with E-state index in [0.717, 1.165) is 0 Å². The first-order valence-electron chi connectivity index (χ1n) is 7.23. The third-order valence-corrected chi connectivity index (χ3v) is 3.23. The van der Waals surface area contributed by atoms with Crippen LogP contribution in [0, 0.1) is 6.92 Å². The zero-order chi connectivity index (χ0) is 17.7. The average molecular weight is 331 g/mol. The molecule has 2 rings (SSSR count). The zero-order valence-corrected chi connectivity index (χ0v) is 13.5. The molecule has 0 aliphatic rings. The summed E-state index contributed by atoms with van der Waals surface area (Å²) in [5.41, 5.74) is -0.471. The number of carbonyl (C=O) groups is 2. The molecule has 0 unspecified atom stereocenters. The number of esters is 1. The van der Waals surface area contributed by atoms with Crippen LogP contribution in [0.3, 0.4) is 0 Å². The van der Waals surface area contributed by atoms with E-state index < -0.39 is 17.5 Å². The number of nitrogens with one attached hydrogen (secondary N) is 1. The van der Waals surface area contributed by atoms with Crippen molar-refractivity contribution in [1.29, 1.82) is 0 Å². The standard InChI is InChI=1S/C17H17NO6/c1-4-23-16(20)13-9-14(17(21)24-10(13)2)18-15(19)11-5-7-12(22-3)8-6-11/h5-9H,4H2,1-3H3,(H,18,19). The number of hydrogen-bond acceptors (Lipinski definition) is 6. The van der Waals surface area contributed by atoms with E-state index in [1.54, 1.807) is 31.2 Å². The lowest BCUT2D eigenvalue weighted by molar-refractivity contribution is 0.0521. The Balaban J connectivity index is 2.27. The Morgan fingerprint density at radius 1 is 1.21 bits per heavy atom. The van der Waals surface area contributed by atoms with E-state index in [1.807, 2.05) is 0 Å². The Bertz CT molecular complexity index is 807. The molecule has 0 spiro atoms. The summed E-state index contributed by atoms with van der Waals surface area (Å²) in [4.78, 5) is 35.9. The highest BCUT2D eigenvalue weighted by Crippen LogP contribution is 2.15. The highest BCUT2D eigenvalue weighted by atomic mass is 16.5. The van der Waals surface area contributed by atoms with Gasteiger partial charge in [-0.3, -0.25) is 4.79 Å². The van der Waals surface area contributed by atoms with Crippen molar-refractivity contribution in [2.45, 2.75) is 13.8 Å². The average Bonchev–Trinajstić information content (AvgIpc) is 2.57. The predicted molar refractivity (Wildman–Crippen MR) is 86.6 cm³/mol. The van der Waals surface area contributed by atoms with E-state index in [2.05, 4.69) is 5.32 Å². The molecule has 1 amide bonds. The fourth-order valence-corrected chi connectivity index (χ4v) is 1.99. The molecule has 126 valence electrons. The first-order valence-corrected chi connectivity index (χ1v) is 7.23. The second-order valence-corrected chi connectivity index (χ2v) is 4.82. The van der Waals surface area contributed by atoms with Crippen LogP contribution < -0.4 is 15.7 Å². The maximum atomic E-state index is 12.2. The molecule has 0 radical (unpaired) electrons. The molecule has 7 nitrogen and oxygen atoms in total. The summed E-state index contributed by atoms with van der Waals surface area (Å²) in [6, 6.07) is 7.60. The van der Waals surface area contributed by atoms with E-state index in [1.165, 1.54) is 20.1 Å². The molecular formula is C17H17NO6. The van der Waals surface area contributed by atoms with Gasteiger partial charge in [-0.2, -0.15) is 0 Å². The number of benzene rings is 1. The van der Waals surface area contributed by atoms with Gasteiger partial charge in [-0.15, -0.1) is 0 Å². The summed E-state index contributed by atoms with van der Waals surface area (Å²) >= 11 is 0. The molecule has 24 heavy (non-hydrogen) atoms. The second-order valence-electron chi connectivity index (χ2n) is 4.82. The van der Waals surface area contributed by atoms with Crippen LogP contribution in [0.5, 0.6) is 5.75 Å². The van der Waals surface area contributed by atoms with Crippen molar-refractivity contribution in [3.63, 3.8) is 0 Å². The van der Waals surface area contributed by atoms with Crippen molar-refractivity contribution in [2.75, 3.05) is 19.0 Å². The zero-order valence-electron chi connectivity index (χ0n) is 13.5. The Morgan fingerprint density at radius 2 is 1.88 bits per heavy atom. The third-order valence-electron chi connectivity index (χ3n) is 3.23. The van der Waals surface area contributed by atoms with Gasteiger partial charge in [0.15, 0.2) is 0 Å². The van der Waals surface area contributed by atoms with Crippen LogP contribution >= 0.6 is 0 Å². The number of ether oxygens (including phenoxy) is 2.